The monoisotopic (exact) mass is 440 g/mol. The molecule has 7 nitrogen and oxygen atoms in total. The van der Waals surface area contributed by atoms with Gasteiger partial charge in [0.25, 0.3) is 0 Å². The highest BCUT2D eigenvalue weighted by molar-refractivity contribution is 5.92. The highest BCUT2D eigenvalue weighted by Crippen LogP contribution is 2.29. The van der Waals surface area contributed by atoms with Crippen LogP contribution in [-0.2, 0) is 16.1 Å². The summed E-state index contributed by atoms with van der Waals surface area (Å²) in [5, 5.41) is 2.90. The number of unbranched alkanes of at least 4 members (excludes halogenated alkanes) is 1. The van der Waals surface area contributed by atoms with Gasteiger partial charge >= 0.3 is 0 Å². The molecular weight excluding hydrogens is 408 g/mol. The molecule has 0 spiro atoms. The van der Waals surface area contributed by atoms with Gasteiger partial charge in [-0.3, -0.25) is 9.59 Å². The van der Waals surface area contributed by atoms with E-state index in [2.05, 4.69) is 12.2 Å². The Kier molecular flexibility index (Phi) is 8.78. The van der Waals surface area contributed by atoms with Crippen molar-refractivity contribution >= 4 is 17.9 Å². The third-order valence-electron chi connectivity index (χ3n) is 5.56. The lowest BCUT2D eigenvalue weighted by Gasteiger charge is -2.30. The molecule has 0 saturated carbocycles. The molecule has 0 radical (unpaired) electrons. The quantitative estimate of drug-likeness (QED) is 0.446. The van der Waals surface area contributed by atoms with Crippen molar-refractivity contribution in [2.24, 2.45) is 5.92 Å². The smallest absolute Gasteiger partial charge is 0.246 e. The maximum Gasteiger partial charge on any atom is 0.246 e. The number of amides is 2. The number of carbonyl (C=O) groups excluding carboxylic acids is 2. The first-order valence-electron chi connectivity index (χ1n) is 11.2. The molecule has 0 atom stereocenters. The van der Waals surface area contributed by atoms with Crippen molar-refractivity contribution in [1.82, 2.24) is 10.2 Å². The summed E-state index contributed by atoms with van der Waals surface area (Å²) in [5.74, 6) is 1.96. The first-order valence-corrected chi connectivity index (χ1v) is 11.2. The van der Waals surface area contributed by atoms with Gasteiger partial charge in [-0.2, -0.15) is 0 Å². The van der Waals surface area contributed by atoms with E-state index in [1.807, 2.05) is 24.3 Å². The summed E-state index contributed by atoms with van der Waals surface area (Å²) in [4.78, 5) is 26.7. The van der Waals surface area contributed by atoms with E-state index < -0.39 is 0 Å². The first-order chi connectivity index (χ1) is 15.6. The van der Waals surface area contributed by atoms with Crippen LogP contribution in [0.3, 0.4) is 0 Å². The largest absolute Gasteiger partial charge is 0.493 e. The van der Waals surface area contributed by atoms with Crippen molar-refractivity contribution in [3.8, 4) is 11.5 Å². The van der Waals surface area contributed by atoms with Crippen LogP contribution in [0.4, 0.5) is 0 Å². The molecule has 2 aromatic rings. The predicted molar refractivity (Wildman–Crippen MR) is 122 cm³/mol. The van der Waals surface area contributed by atoms with Crippen molar-refractivity contribution in [3.05, 3.63) is 54.0 Å². The molecule has 0 bridgehead atoms. The Balaban J connectivity index is 1.47. The lowest BCUT2D eigenvalue weighted by molar-refractivity contribution is -0.132. The van der Waals surface area contributed by atoms with Crippen molar-refractivity contribution in [3.63, 3.8) is 0 Å². The summed E-state index contributed by atoms with van der Waals surface area (Å²) in [6.45, 7) is 4.29. The number of rotatable bonds is 10. The van der Waals surface area contributed by atoms with E-state index in [0.29, 0.717) is 50.6 Å². The van der Waals surface area contributed by atoms with E-state index in [1.54, 1.807) is 36.5 Å². The fourth-order valence-electron chi connectivity index (χ4n) is 3.60. The third kappa shape index (κ3) is 6.64. The van der Waals surface area contributed by atoms with Crippen molar-refractivity contribution in [1.29, 1.82) is 0 Å². The highest BCUT2D eigenvalue weighted by Gasteiger charge is 2.26. The third-order valence-corrected chi connectivity index (χ3v) is 5.56. The Morgan fingerprint density at radius 1 is 1.22 bits per heavy atom. The van der Waals surface area contributed by atoms with Crippen LogP contribution in [-0.4, -0.2) is 43.5 Å². The van der Waals surface area contributed by atoms with Crippen LogP contribution in [0.1, 0.15) is 43.9 Å². The zero-order valence-corrected chi connectivity index (χ0v) is 18.8. The molecule has 3 rings (SSSR count). The van der Waals surface area contributed by atoms with Crippen LogP contribution in [0.25, 0.3) is 6.08 Å². The van der Waals surface area contributed by atoms with Crippen molar-refractivity contribution in [2.75, 3.05) is 26.8 Å². The molecule has 1 aliphatic rings. The molecule has 0 unspecified atom stereocenters. The number of benzene rings is 1. The van der Waals surface area contributed by atoms with E-state index in [4.69, 9.17) is 13.9 Å². The summed E-state index contributed by atoms with van der Waals surface area (Å²) in [6, 6.07) is 9.26. The summed E-state index contributed by atoms with van der Waals surface area (Å²) >= 11 is 0. The van der Waals surface area contributed by atoms with Gasteiger partial charge in [0.15, 0.2) is 11.5 Å². The fraction of sp³-hybridized carbons (Fsp3) is 0.440. The van der Waals surface area contributed by atoms with Gasteiger partial charge in [-0.15, -0.1) is 0 Å². The summed E-state index contributed by atoms with van der Waals surface area (Å²) in [6.07, 6.45) is 8.31. The van der Waals surface area contributed by atoms with Crippen LogP contribution in [0.2, 0.25) is 0 Å². The second-order valence-electron chi connectivity index (χ2n) is 7.84. The molecule has 2 heterocycles. The number of likely N-dealkylation sites (tertiary alicyclic amines) is 1. The SMILES string of the molecule is CCCCOc1ccc(/C=C/C(=O)N2CCC(C(=O)NCc3ccco3)CC2)cc1OC. The number of piperidine rings is 1. The fourth-order valence-corrected chi connectivity index (χ4v) is 3.60. The number of hydrogen-bond acceptors (Lipinski definition) is 5. The molecule has 32 heavy (non-hydrogen) atoms. The van der Waals surface area contributed by atoms with E-state index >= 15 is 0 Å². The first kappa shape index (κ1) is 23.4. The lowest BCUT2D eigenvalue weighted by Crippen LogP contribution is -2.42. The minimum Gasteiger partial charge on any atom is -0.493 e. The van der Waals surface area contributed by atoms with Gasteiger partial charge in [-0.25, -0.2) is 0 Å². The van der Waals surface area contributed by atoms with Gasteiger partial charge in [0.1, 0.15) is 5.76 Å². The molecule has 1 N–H and O–H groups in total. The normalized spacial score (nSPS) is 14.5. The standard InChI is InChI=1S/C25H32N2O5/c1-3-4-15-32-22-9-7-19(17-23(22)30-2)8-10-24(28)27-13-11-20(12-14-27)25(29)26-18-21-6-5-16-31-21/h5-10,16-17,20H,3-4,11-15,18H2,1-2H3,(H,26,29)/b10-8+. The van der Waals surface area contributed by atoms with E-state index in [1.165, 1.54) is 0 Å². The minimum atomic E-state index is -0.0810. The van der Waals surface area contributed by atoms with E-state index in [0.717, 1.165) is 24.2 Å². The Hall–Kier alpha value is -3.22. The number of nitrogens with one attached hydrogen (secondary N) is 1. The number of furan rings is 1. The number of hydrogen-bond donors (Lipinski definition) is 1. The lowest BCUT2D eigenvalue weighted by atomic mass is 9.96. The molecule has 172 valence electrons. The average Bonchev–Trinajstić information content (AvgIpc) is 3.35. The van der Waals surface area contributed by atoms with Crippen molar-refractivity contribution in [2.45, 2.75) is 39.2 Å². The molecule has 1 aliphatic heterocycles. The Bertz CT molecular complexity index is 899. The zero-order chi connectivity index (χ0) is 22.8. The van der Waals surface area contributed by atoms with Crippen LogP contribution >= 0.6 is 0 Å². The number of methoxy groups -OCH3 is 1. The van der Waals surface area contributed by atoms with Crippen LogP contribution in [0, 0.1) is 5.92 Å². The second-order valence-corrected chi connectivity index (χ2v) is 7.84. The van der Waals surface area contributed by atoms with Crippen LogP contribution in [0.5, 0.6) is 11.5 Å². The van der Waals surface area contributed by atoms with Crippen LogP contribution < -0.4 is 14.8 Å². The summed E-state index contributed by atoms with van der Waals surface area (Å²) < 4.78 is 16.4. The topological polar surface area (TPSA) is 81.0 Å². The minimum absolute atomic E-state index is 0.0115. The van der Waals surface area contributed by atoms with Crippen LogP contribution in [0.15, 0.2) is 47.1 Å². The molecular formula is C25H32N2O5. The second kappa shape index (κ2) is 12.0. The molecule has 0 aliphatic carbocycles. The maximum atomic E-state index is 12.6. The maximum absolute atomic E-state index is 12.6. The Morgan fingerprint density at radius 3 is 2.72 bits per heavy atom. The van der Waals surface area contributed by atoms with Gasteiger partial charge in [0, 0.05) is 25.1 Å². The highest BCUT2D eigenvalue weighted by atomic mass is 16.5. The number of carbonyl (C=O) groups is 2. The predicted octanol–water partition coefficient (Wildman–Crippen LogP) is 4.04. The van der Waals surface area contributed by atoms with Gasteiger partial charge in [-0.1, -0.05) is 19.4 Å². The molecule has 7 heteroatoms. The molecule has 1 aromatic carbocycles. The number of ether oxygens (including phenoxy) is 2. The Morgan fingerprint density at radius 2 is 2.03 bits per heavy atom. The van der Waals surface area contributed by atoms with Gasteiger partial charge < -0.3 is 24.1 Å². The van der Waals surface area contributed by atoms with Crippen molar-refractivity contribution < 1.29 is 23.5 Å². The summed E-state index contributed by atoms with van der Waals surface area (Å²) in [7, 11) is 1.61. The summed E-state index contributed by atoms with van der Waals surface area (Å²) in [5.41, 5.74) is 0.866. The number of nitrogens with zero attached hydrogens (tertiary/aromatic N) is 1. The molecule has 1 saturated heterocycles. The van der Waals surface area contributed by atoms with E-state index in [9.17, 15) is 9.59 Å². The molecule has 1 fully saturated rings. The molecule has 2 amide bonds. The van der Waals surface area contributed by atoms with Gasteiger partial charge in [0.2, 0.25) is 11.8 Å². The van der Waals surface area contributed by atoms with E-state index in [-0.39, 0.29) is 17.7 Å². The van der Waals surface area contributed by atoms with Gasteiger partial charge in [-0.05, 0) is 55.2 Å². The molecule has 1 aromatic heterocycles. The Labute approximate surface area is 189 Å². The zero-order valence-electron chi connectivity index (χ0n) is 18.8. The van der Waals surface area contributed by atoms with Gasteiger partial charge in [0.05, 0.1) is 26.5 Å². The average molecular weight is 441 g/mol.